The minimum atomic E-state index is -1.42. The highest BCUT2D eigenvalue weighted by atomic mass is 16.6. The van der Waals surface area contributed by atoms with Crippen molar-refractivity contribution >= 4 is 40.7 Å². The Labute approximate surface area is 286 Å². The van der Waals surface area contributed by atoms with Crippen LogP contribution in [0.15, 0.2) is 115 Å². The van der Waals surface area contributed by atoms with E-state index in [-0.39, 0.29) is 30.0 Å². The molecular weight excluding hydrogens is 636 g/mol. The number of nitro groups is 1. The Morgan fingerprint density at radius 2 is 1.56 bits per heavy atom. The number of non-ortho nitro benzene ring substituents is 1. The van der Waals surface area contributed by atoms with Crippen molar-refractivity contribution in [3.63, 3.8) is 0 Å². The molecule has 250 valence electrons. The van der Waals surface area contributed by atoms with Gasteiger partial charge in [0.25, 0.3) is 17.5 Å². The van der Waals surface area contributed by atoms with E-state index in [0.29, 0.717) is 16.8 Å². The molecule has 0 aromatic heterocycles. The largest absolute Gasteiger partial charge is 0.508 e. The maximum absolute atomic E-state index is 15.1. The number of imide groups is 2. The van der Waals surface area contributed by atoms with Gasteiger partial charge in [0.05, 0.1) is 39.5 Å². The Morgan fingerprint density at radius 1 is 0.840 bits per heavy atom. The standard InChI is InChI=1S/C39H32N4O7/c1-22-10-14-25(15-11-22)40-42-36(46)32-21-31-29(18-19-30-33(31)37(47)41(35(30)45)26-8-5-9-27(20-26)43(49)50)34(23-12-16-28(44)17-13-23)39(32,38(42)48)24-6-3-2-4-7-24/h2-18,20,30-34,40,44H,19,21H2,1H3. The average Bonchev–Trinajstić information content (AvgIpc) is 3.51. The number of carbonyl (C=O) groups excluding carboxylic acids is 4. The molecule has 8 rings (SSSR count). The van der Waals surface area contributed by atoms with E-state index in [1.165, 1.54) is 36.4 Å². The molecular formula is C39H32N4O7. The molecule has 4 amide bonds. The van der Waals surface area contributed by atoms with Crippen LogP contribution in [-0.4, -0.2) is 38.7 Å². The van der Waals surface area contributed by atoms with Gasteiger partial charge in [-0.15, -0.1) is 0 Å². The van der Waals surface area contributed by atoms with Gasteiger partial charge in [-0.05, 0) is 67.1 Å². The number of benzene rings is 4. The third-order valence-corrected chi connectivity index (χ3v) is 10.9. The highest BCUT2D eigenvalue weighted by Gasteiger charge is 2.70. The summed E-state index contributed by atoms with van der Waals surface area (Å²) >= 11 is 0. The number of hydrogen-bond donors (Lipinski definition) is 2. The molecule has 11 nitrogen and oxygen atoms in total. The zero-order valence-electron chi connectivity index (χ0n) is 26.9. The van der Waals surface area contributed by atoms with Gasteiger partial charge >= 0.3 is 0 Å². The minimum absolute atomic E-state index is 0.0322. The highest BCUT2D eigenvalue weighted by Crippen LogP contribution is 2.64. The topological polar surface area (TPSA) is 150 Å². The maximum Gasteiger partial charge on any atom is 0.271 e. The van der Waals surface area contributed by atoms with Crippen LogP contribution in [0.3, 0.4) is 0 Å². The summed E-state index contributed by atoms with van der Waals surface area (Å²) in [4.78, 5) is 70.2. The number of nitro benzene ring substituents is 1. The van der Waals surface area contributed by atoms with Crippen LogP contribution in [0.1, 0.15) is 35.4 Å². The van der Waals surface area contributed by atoms with Crippen molar-refractivity contribution < 1.29 is 29.2 Å². The first-order chi connectivity index (χ1) is 24.1. The normalized spacial score (nSPS) is 27.1. The molecule has 3 fully saturated rings. The van der Waals surface area contributed by atoms with Crippen molar-refractivity contribution in [2.24, 2.45) is 23.7 Å². The molecule has 0 radical (unpaired) electrons. The predicted molar refractivity (Wildman–Crippen MR) is 182 cm³/mol. The van der Waals surface area contributed by atoms with Crippen molar-refractivity contribution in [1.82, 2.24) is 5.01 Å². The van der Waals surface area contributed by atoms with E-state index in [0.717, 1.165) is 21.0 Å². The van der Waals surface area contributed by atoms with Crippen LogP contribution in [0.4, 0.5) is 17.1 Å². The van der Waals surface area contributed by atoms with Gasteiger partial charge in [0.1, 0.15) is 5.75 Å². The third kappa shape index (κ3) is 4.49. The summed E-state index contributed by atoms with van der Waals surface area (Å²) in [7, 11) is 0. The molecule has 4 aliphatic rings. The second-order valence-electron chi connectivity index (χ2n) is 13.5. The summed E-state index contributed by atoms with van der Waals surface area (Å²) in [6.45, 7) is 1.94. The Hall–Kier alpha value is -6.10. The molecule has 0 spiro atoms. The van der Waals surface area contributed by atoms with E-state index in [2.05, 4.69) is 5.43 Å². The predicted octanol–water partition coefficient (Wildman–Crippen LogP) is 5.80. The molecule has 11 heteroatoms. The highest BCUT2D eigenvalue weighted by molar-refractivity contribution is 6.22. The molecule has 6 atom stereocenters. The van der Waals surface area contributed by atoms with Gasteiger partial charge in [0.15, 0.2) is 0 Å². The summed E-state index contributed by atoms with van der Waals surface area (Å²) in [5.41, 5.74) is 5.19. The molecule has 2 N–H and O–H groups in total. The summed E-state index contributed by atoms with van der Waals surface area (Å²) in [6, 6.07) is 28.6. The number of fused-ring (bicyclic) bond motifs is 4. The number of nitrogens with one attached hydrogen (secondary N) is 1. The molecule has 6 unspecified atom stereocenters. The smallest absolute Gasteiger partial charge is 0.271 e. The summed E-state index contributed by atoms with van der Waals surface area (Å²) in [5.74, 6) is -5.63. The average molecular weight is 669 g/mol. The van der Waals surface area contributed by atoms with Crippen LogP contribution < -0.4 is 10.3 Å². The fourth-order valence-corrected chi connectivity index (χ4v) is 8.79. The molecule has 2 aliphatic carbocycles. The van der Waals surface area contributed by atoms with Crippen molar-refractivity contribution in [3.05, 3.63) is 142 Å². The molecule has 1 saturated carbocycles. The van der Waals surface area contributed by atoms with E-state index >= 15 is 4.79 Å². The molecule has 50 heavy (non-hydrogen) atoms. The van der Waals surface area contributed by atoms with Gasteiger partial charge in [-0.1, -0.05) is 77.9 Å². The number of phenolic OH excluding ortho intramolecular Hbond substituents is 1. The van der Waals surface area contributed by atoms with Crippen molar-refractivity contribution in [2.75, 3.05) is 10.3 Å². The van der Waals surface area contributed by atoms with Crippen LogP contribution in [-0.2, 0) is 24.6 Å². The van der Waals surface area contributed by atoms with Crippen LogP contribution in [0, 0.1) is 40.7 Å². The van der Waals surface area contributed by atoms with E-state index in [9.17, 15) is 29.6 Å². The van der Waals surface area contributed by atoms with Crippen molar-refractivity contribution in [2.45, 2.75) is 31.1 Å². The van der Waals surface area contributed by atoms with Crippen molar-refractivity contribution in [1.29, 1.82) is 0 Å². The van der Waals surface area contributed by atoms with Gasteiger partial charge < -0.3 is 5.11 Å². The van der Waals surface area contributed by atoms with Gasteiger partial charge in [-0.25, -0.2) is 4.90 Å². The van der Waals surface area contributed by atoms with Crippen LogP contribution in [0.2, 0.25) is 0 Å². The zero-order chi connectivity index (χ0) is 34.9. The monoisotopic (exact) mass is 668 g/mol. The van der Waals surface area contributed by atoms with Gasteiger partial charge in [-0.2, -0.15) is 5.01 Å². The van der Waals surface area contributed by atoms with Gasteiger partial charge in [0, 0.05) is 18.1 Å². The van der Waals surface area contributed by atoms with E-state index in [4.69, 9.17) is 0 Å². The first kappa shape index (κ1) is 31.2. The van der Waals surface area contributed by atoms with E-state index < -0.39 is 63.6 Å². The molecule has 2 heterocycles. The van der Waals surface area contributed by atoms with Gasteiger partial charge in [0.2, 0.25) is 11.8 Å². The number of rotatable bonds is 6. The number of hydrogen-bond acceptors (Lipinski definition) is 8. The number of allylic oxidation sites excluding steroid dienone is 2. The number of aryl methyl sites for hydroxylation is 1. The number of carbonyl (C=O) groups is 4. The summed E-state index contributed by atoms with van der Waals surface area (Å²) < 4.78 is 0. The number of anilines is 2. The quantitative estimate of drug-likeness (QED) is 0.113. The van der Waals surface area contributed by atoms with Gasteiger partial charge in [-0.3, -0.25) is 34.7 Å². The second-order valence-corrected chi connectivity index (χ2v) is 13.5. The molecule has 2 aliphatic heterocycles. The Morgan fingerprint density at radius 3 is 2.26 bits per heavy atom. The van der Waals surface area contributed by atoms with Crippen LogP contribution >= 0.6 is 0 Å². The molecule has 0 bridgehead atoms. The van der Waals surface area contributed by atoms with Crippen molar-refractivity contribution in [3.8, 4) is 5.75 Å². The lowest BCUT2D eigenvalue weighted by Gasteiger charge is -2.50. The lowest BCUT2D eigenvalue weighted by atomic mass is 9.49. The number of phenols is 1. The number of nitrogens with zero attached hydrogens (tertiary/aromatic N) is 3. The summed E-state index contributed by atoms with van der Waals surface area (Å²) in [6.07, 6.45) is 2.28. The first-order valence-electron chi connectivity index (χ1n) is 16.5. The molecule has 4 aromatic rings. The lowest BCUT2D eigenvalue weighted by molar-refractivity contribution is -0.384. The number of aromatic hydroxyl groups is 1. The van der Waals surface area contributed by atoms with Crippen LogP contribution in [0.5, 0.6) is 5.75 Å². The first-order valence-corrected chi connectivity index (χ1v) is 16.5. The Balaban J connectivity index is 1.29. The minimum Gasteiger partial charge on any atom is -0.508 e. The lowest BCUT2D eigenvalue weighted by Crippen LogP contribution is -2.53. The summed E-state index contributed by atoms with van der Waals surface area (Å²) in [5, 5.41) is 22.9. The fourth-order valence-electron chi connectivity index (χ4n) is 8.79. The fraction of sp³-hybridized carbons (Fsp3) is 0.231. The number of amides is 4. The third-order valence-electron chi connectivity index (χ3n) is 10.9. The maximum atomic E-state index is 15.1. The van der Waals surface area contributed by atoms with E-state index in [1.807, 2.05) is 55.5 Å². The Bertz CT molecular complexity index is 2110. The number of hydrazine groups is 1. The van der Waals surface area contributed by atoms with E-state index in [1.54, 1.807) is 24.3 Å². The molecule has 4 aromatic carbocycles. The second kappa shape index (κ2) is 11.5. The SMILES string of the molecule is Cc1ccc(NN2C(=O)C3CC4C(=CCC5C(=O)N(c6cccc([N+](=O)[O-])c6)C(=O)C54)C(c4ccc(O)cc4)C3(c3ccccc3)C2=O)cc1. The Kier molecular flexibility index (Phi) is 7.18. The molecule has 2 saturated heterocycles. The zero-order valence-corrected chi connectivity index (χ0v) is 26.9. The van der Waals surface area contributed by atoms with Crippen LogP contribution in [0.25, 0.3) is 0 Å².